The van der Waals surface area contributed by atoms with Gasteiger partial charge in [-0.1, -0.05) is 24.3 Å². The van der Waals surface area contributed by atoms with Crippen molar-refractivity contribution >= 4 is 5.97 Å². The fourth-order valence-electron chi connectivity index (χ4n) is 1.78. The molecule has 2 atom stereocenters. The molecule has 0 heterocycles. The molecule has 1 aromatic rings. The maximum Gasteiger partial charge on any atom is 0.309 e. The first-order valence-electron chi connectivity index (χ1n) is 6.00. The van der Waals surface area contributed by atoms with Gasteiger partial charge in [-0.25, -0.2) is 0 Å². The van der Waals surface area contributed by atoms with Gasteiger partial charge in [-0.15, -0.1) is 0 Å². The van der Waals surface area contributed by atoms with E-state index < -0.39 is 17.5 Å². The van der Waals surface area contributed by atoms with Crippen LogP contribution in [0.5, 0.6) is 0 Å². The predicted molar refractivity (Wildman–Crippen MR) is 70.2 cm³/mol. The number of carbonyl (C=O) groups is 1. The first-order valence-corrected chi connectivity index (χ1v) is 6.00. The Balaban J connectivity index is 2.93. The monoisotopic (exact) mass is 251 g/mol. The molecule has 0 saturated carbocycles. The minimum atomic E-state index is -0.833. The standard InChI is InChI=1S/C14H21NO3/c1-9(15)12(16)11-6-4-5-10(7-11)8-14(2,3)13(17)18/h4-7,9,12,16H,8,15H2,1-3H3,(H,17,18). The van der Waals surface area contributed by atoms with E-state index in [1.807, 2.05) is 18.2 Å². The number of hydrogen-bond acceptors (Lipinski definition) is 3. The summed E-state index contributed by atoms with van der Waals surface area (Å²) in [5.74, 6) is -0.833. The fraction of sp³-hybridized carbons (Fsp3) is 0.500. The lowest BCUT2D eigenvalue weighted by atomic mass is 9.85. The van der Waals surface area contributed by atoms with Gasteiger partial charge in [0.25, 0.3) is 0 Å². The lowest BCUT2D eigenvalue weighted by Crippen LogP contribution is -2.27. The molecular weight excluding hydrogens is 230 g/mol. The molecule has 1 rings (SSSR count). The van der Waals surface area contributed by atoms with Gasteiger partial charge in [-0.3, -0.25) is 4.79 Å². The molecule has 18 heavy (non-hydrogen) atoms. The fourth-order valence-corrected chi connectivity index (χ4v) is 1.78. The first-order chi connectivity index (χ1) is 8.24. The molecule has 0 aromatic heterocycles. The van der Waals surface area contributed by atoms with Crippen LogP contribution in [0.3, 0.4) is 0 Å². The number of benzene rings is 1. The largest absolute Gasteiger partial charge is 0.481 e. The Hall–Kier alpha value is -1.39. The quantitative estimate of drug-likeness (QED) is 0.744. The van der Waals surface area contributed by atoms with Crippen LogP contribution in [0.4, 0.5) is 0 Å². The predicted octanol–water partition coefficient (Wildman–Crippen LogP) is 1.72. The maximum absolute atomic E-state index is 11.1. The van der Waals surface area contributed by atoms with Gasteiger partial charge in [0.05, 0.1) is 11.5 Å². The van der Waals surface area contributed by atoms with Crippen LogP contribution in [0, 0.1) is 5.41 Å². The van der Waals surface area contributed by atoms with Crippen molar-refractivity contribution < 1.29 is 15.0 Å². The van der Waals surface area contributed by atoms with Crippen molar-refractivity contribution in [1.29, 1.82) is 0 Å². The van der Waals surface area contributed by atoms with Gasteiger partial charge >= 0.3 is 5.97 Å². The molecule has 0 fully saturated rings. The SMILES string of the molecule is CC(N)C(O)c1cccc(CC(C)(C)C(=O)O)c1. The molecule has 0 spiro atoms. The number of carboxylic acid groups (broad SMARTS) is 1. The molecule has 0 amide bonds. The van der Waals surface area contributed by atoms with Gasteiger partial charge in [0.2, 0.25) is 0 Å². The molecule has 0 radical (unpaired) electrons. The molecular formula is C14H21NO3. The second kappa shape index (κ2) is 5.50. The molecule has 4 N–H and O–H groups in total. The summed E-state index contributed by atoms with van der Waals surface area (Å²) < 4.78 is 0. The van der Waals surface area contributed by atoms with E-state index in [0.717, 1.165) is 11.1 Å². The zero-order chi connectivity index (χ0) is 13.9. The third-order valence-corrected chi connectivity index (χ3v) is 3.02. The number of aliphatic hydroxyl groups is 1. The summed E-state index contributed by atoms with van der Waals surface area (Å²) in [5, 5.41) is 19.0. The molecule has 0 aliphatic carbocycles. The summed E-state index contributed by atoms with van der Waals surface area (Å²) in [6.45, 7) is 5.10. The van der Waals surface area contributed by atoms with Crippen molar-refractivity contribution in [3.8, 4) is 0 Å². The summed E-state index contributed by atoms with van der Waals surface area (Å²) in [5.41, 5.74) is 6.44. The average Bonchev–Trinajstić information content (AvgIpc) is 2.27. The van der Waals surface area contributed by atoms with Crippen molar-refractivity contribution in [3.63, 3.8) is 0 Å². The van der Waals surface area contributed by atoms with Crippen molar-refractivity contribution in [3.05, 3.63) is 35.4 Å². The molecule has 0 aliphatic heterocycles. The third kappa shape index (κ3) is 3.55. The van der Waals surface area contributed by atoms with Crippen LogP contribution in [0.25, 0.3) is 0 Å². The van der Waals surface area contributed by atoms with E-state index in [1.165, 1.54) is 0 Å². The average molecular weight is 251 g/mol. The number of aliphatic hydroxyl groups excluding tert-OH is 1. The third-order valence-electron chi connectivity index (χ3n) is 3.02. The van der Waals surface area contributed by atoms with Crippen LogP contribution < -0.4 is 5.73 Å². The lowest BCUT2D eigenvalue weighted by molar-refractivity contribution is -0.146. The Morgan fingerprint density at radius 3 is 2.56 bits per heavy atom. The minimum absolute atomic E-state index is 0.354. The van der Waals surface area contributed by atoms with E-state index in [9.17, 15) is 9.90 Å². The van der Waals surface area contributed by atoms with E-state index in [1.54, 1.807) is 26.8 Å². The van der Waals surface area contributed by atoms with Crippen LogP contribution in [-0.4, -0.2) is 22.2 Å². The number of carboxylic acids is 1. The smallest absolute Gasteiger partial charge is 0.309 e. The van der Waals surface area contributed by atoms with E-state index in [0.29, 0.717) is 6.42 Å². The van der Waals surface area contributed by atoms with Crippen molar-refractivity contribution in [2.24, 2.45) is 11.1 Å². The Morgan fingerprint density at radius 2 is 2.06 bits per heavy atom. The Kier molecular flexibility index (Phi) is 4.48. The van der Waals surface area contributed by atoms with Crippen LogP contribution in [0.2, 0.25) is 0 Å². The Labute approximate surface area is 107 Å². The minimum Gasteiger partial charge on any atom is -0.481 e. The number of rotatable bonds is 5. The Bertz CT molecular complexity index is 427. The molecule has 0 bridgehead atoms. The van der Waals surface area contributed by atoms with E-state index >= 15 is 0 Å². The van der Waals surface area contributed by atoms with E-state index in [2.05, 4.69) is 0 Å². The van der Waals surface area contributed by atoms with Crippen LogP contribution >= 0.6 is 0 Å². The molecule has 4 heteroatoms. The maximum atomic E-state index is 11.1. The molecule has 2 unspecified atom stereocenters. The Morgan fingerprint density at radius 1 is 1.44 bits per heavy atom. The number of nitrogens with two attached hydrogens (primary N) is 1. The van der Waals surface area contributed by atoms with Gasteiger partial charge in [0.1, 0.15) is 0 Å². The molecule has 0 saturated heterocycles. The second-order valence-corrected chi connectivity index (χ2v) is 5.41. The van der Waals surface area contributed by atoms with E-state index in [-0.39, 0.29) is 6.04 Å². The second-order valence-electron chi connectivity index (χ2n) is 5.41. The summed E-state index contributed by atoms with van der Waals surface area (Å²) in [4.78, 5) is 11.1. The first kappa shape index (κ1) is 14.7. The lowest BCUT2D eigenvalue weighted by Gasteiger charge is -2.20. The van der Waals surface area contributed by atoms with Crippen molar-refractivity contribution in [2.45, 2.75) is 39.3 Å². The molecule has 4 nitrogen and oxygen atoms in total. The van der Waals surface area contributed by atoms with Gasteiger partial charge in [-0.05, 0) is 38.3 Å². The summed E-state index contributed by atoms with van der Waals surface area (Å²) in [7, 11) is 0. The zero-order valence-corrected chi connectivity index (χ0v) is 11.1. The molecule has 1 aromatic carbocycles. The van der Waals surface area contributed by atoms with Gasteiger partial charge < -0.3 is 15.9 Å². The zero-order valence-electron chi connectivity index (χ0n) is 11.1. The number of hydrogen-bond donors (Lipinski definition) is 3. The van der Waals surface area contributed by atoms with E-state index in [4.69, 9.17) is 10.8 Å². The summed E-state index contributed by atoms with van der Waals surface area (Å²) in [6, 6.07) is 6.94. The van der Waals surface area contributed by atoms with Gasteiger partial charge in [0.15, 0.2) is 0 Å². The highest BCUT2D eigenvalue weighted by atomic mass is 16.4. The van der Waals surface area contributed by atoms with Crippen molar-refractivity contribution in [2.75, 3.05) is 0 Å². The normalized spacial score (nSPS) is 15.2. The number of aliphatic carboxylic acids is 1. The van der Waals surface area contributed by atoms with Gasteiger partial charge in [0, 0.05) is 6.04 Å². The topological polar surface area (TPSA) is 83.5 Å². The summed E-state index contributed by atoms with van der Waals surface area (Å²) in [6.07, 6.45) is -0.306. The summed E-state index contributed by atoms with van der Waals surface area (Å²) >= 11 is 0. The van der Waals surface area contributed by atoms with Crippen LogP contribution in [0.15, 0.2) is 24.3 Å². The van der Waals surface area contributed by atoms with Crippen LogP contribution in [0.1, 0.15) is 38.0 Å². The molecule has 100 valence electrons. The van der Waals surface area contributed by atoms with Crippen LogP contribution in [-0.2, 0) is 11.2 Å². The highest BCUT2D eigenvalue weighted by molar-refractivity contribution is 5.74. The molecule has 0 aliphatic rings. The van der Waals surface area contributed by atoms with Crippen molar-refractivity contribution in [1.82, 2.24) is 0 Å². The highest BCUT2D eigenvalue weighted by Gasteiger charge is 2.27. The highest BCUT2D eigenvalue weighted by Crippen LogP contribution is 2.24. The van der Waals surface area contributed by atoms with Gasteiger partial charge in [-0.2, -0.15) is 0 Å².